The number of hydrogen-bond donors (Lipinski definition) is 1. The Morgan fingerprint density at radius 3 is 2.79 bits per heavy atom. The molecule has 0 spiro atoms. The van der Waals surface area contributed by atoms with Gasteiger partial charge in [0.25, 0.3) is 0 Å². The van der Waals surface area contributed by atoms with Crippen molar-refractivity contribution in [3.8, 4) is 0 Å². The third-order valence-corrected chi connectivity index (χ3v) is 6.54. The molecule has 0 bridgehead atoms. The molecule has 1 aliphatic rings. The predicted octanol–water partition coefficient (Wildman–Crippen LogP) is 3.66. The summed E-state index contributed by atoms with van der Waals surface area (Å²) < 4.78 is 25.4. The molecule has 3 nitrogen and oxygen atoms in total. The van der Waals surface area contributed by atoms with Crippen LogP contribution in [0.15, 0.2) is 23.1 Å². The first kappa shape index (κ1) is 14.7. The van der Waals surface area contributed by atoms with Crippen LogP contribution < -0.4 is 5.73 Å². The summed E-state index contributed by atoms with van der Waals surface area (Å²) in [5.74, 6) is 0.508. The number of sulfone groups is 1. The van der Waals surface area contributed by atoms with Crippen molar-refractivity contribution in [2.75, 3.05) is 5.73 Å². The van der Waals surface area contributed by atoms with Crippen LogP contribution in [-0.2, 0) is 9.84 Å². The lowest BCUT2D eigenvalue weighted by molar-refractivity contribution is 0.348. The summed E-state index contributed by atoms with van der Waals surface area (Å²) in [6.45, 7) is 2.12. The molecule has 1 aliphatic carbocycles. The topological polar surface area (TPSA) is 60.2 Å². The van der Waals surface area contributed by atoms with Gasteiger partial charge < -0.3 is 5.73 Å². The largest absolute Gasteiger partial charge is 0.398 e. The van der Waals surface area contributed by atoms with Gasteiger partial charge >= 0.3 is 0 Å². The van der Waals surface area contributed by atoms with Gasteiger partial charge in [0.15, 0.2) is 9.84 Å². The smallest absolute Gasteiger partial charge is 0.183 e. The SMILES string of the molecule is CCC1CCCC(S(=O)(=O)c2cc(Cl)ccc2N)C1. The lowest BCUT2D eigenvalue weighted by atomic mass is 9.87. The summed E-state index contributed by atoms with van der Waals surface area (Å²) >= 11 is 5.90. The molecular formula is C14H20ClNO2S. The summed E-state index contributed by atoms with van der Waals surface area (Å²) in [5.41, 5.74) is 6.11. The number of hydrogen-bond acceptors (Lipinski definition) is 3. The molecule has 0 amide bonds. The third-order valence-electron chi connectivity index (χ3n) is 4.03. The quantitative estimate of drug-likeness (QED) is 0.867. The average molecular weight is 302 g/mol. The van der Waals surface area contributed by atoms with Crippen molar-refractivity contribution in [3.63, 3.8) is 0 Å². The molecule has 106 valence electrons. The molecule has 2 N–H and O–H groups in total. The van der Waals surface area contributed by atoms with Crippen LogP contribution >= 0.6 is 11.6 Å². The Morgan fingerprint density at radius 1 is 1.37 bits per heavy atom. The van der Waals surface area contributed by atoms with Crippen LogP contribution in [0.25, 0.3) is 0 Å². The Kier molecular flexibility index (Phi) is 4.41. The first-order chi connectivity index (χ1) is 8.95. The normalized spacial score (nSPS) is 24.3. The third kappa shape index (κ3) is 3.06. The van der Waals surface area contributed by atoms with E-state index in [1.807, 2.05) is 0 Å². The number of halogens is 1. The van der Waals surface area contributed by atoms with Crippen LogP contribution in [-0.4, -0.2) is 13.7 Å². The van der Waals surface area contributed by atoms with Crippen LogP contribution in [0.4, 0.5) is 5.69 Å². The highest BCUT2D eigenvalue weighted by molar-refractivity contribution is 7.92. The molecule has 2 rings (SSSR count). The molecule has 0 saturated heterocycles. The van der Waals surface area contributed by atoms with Gasteiger partial charge in [-0.15, -0.1) is 0 Å². The zero-order chi connectivity index (χ0) is 14.0. The first-order valence-electron chi connectivity index (χ1n) is 6.74. The zero-order valence-corrected chi connectivity index (χ0v) is 12.7. The Balaban J connectivity index is 2.34. The van der Waals surface area contributed by atoms with Gasteiger partial charge in [-0.2, -0.15) is 0 Å². The maximum absolute atomic E-state index is 12.7. The van der Waals surface area contributed by atoms with Gasteiger partial charge in [-0.1, -0.05) is 37.8 Å². The number of nitrogen functional groups attached to an aromatic ring is 1. The number of nitrogens with two attached hydrogens (primary N) is 1. The summed E-state index contributed by atoms with van der Waals surface area (Å²) in [4.78, 5) is 0.196. The van der Waals surface area contributed by atoms with Crippen molar-refractivity contribution in [1.82, 2.24) is 0 Å². The molecule has 0 aromatic heterocycles. The van der Waals surface area contributed by atoms with E-state index in [1.165, 1.54) is 6.07 Å². The number of rotatable bonds is 3. The maximum atomic E-state index is 12.7. The maximum Gasteiger partial charge on any atom is 0.183 e. The highest BCUT2D eigenvalue weighted by Gasteiger charge is 2.33. The highest BCUT2D eigenvalue weighted by atomic mass is 35.5. The first-order valence-corrected chi connectivity index (χ1v) is 8.66. The van der Waals surface area contributed by atoms with E-state index in [2.05, 4.69) is 6.92 Å². The van der Waals surface area contributed by atoms with E-state index in [-0.39, 0.29) is 10.1 Å². The van der Waals surface area contributed by atoms with Gasteiger partial charge in [0.05, 0.1) is 15.8 Å². The van der Waals surface area contributed by atoms with Crippen LogP contribution in [0.1, 0.15) is 39.0 Å². The van der Waals surface area contributed by atoms with Crippen LogP contribution in [0.3, 0.4) is 0 Å². The average Bonchev–Trinajstić information content (AvgIpc) is 2.41. The second-order valence-corrected chi connectivity index (χ2v) is 7.92. The van der Waals surface area contributed by atoms with E-state index >= 15 is 0 Å². The van der Waals surface area contributed by atoms with Crippen LogP contribution in [0.2, 0.25) is 5.02 Å². The molecule has 2 unspecified atom stereocenters. The second-order valence-electron chi connectivity index (χ2n) is 5.29. The molecule has 1 aromatic carbocycles. The van der Waals surface area contributed by atoms with E-state index in [0.717, 1.165) is 32.1 Å². The van der Waals surface area contributed by atoms with E-state index < -0.39 is 9.84 Å². The van der Waals surface area contributed by atoms with Crippen molar-refractivity contribution in [2.45, 2.75) is 49.2 Å². The molecule has 0 aliphatic heterocycles. The minimum absolute atomic E-state index is 0.196. The minimum Gasteiger partial charge on any atom is -0.398 e. The predicted molar refractivity (Wildman–Crippen MR) is 79.1 cm³/mol. The standard InChI is InChI=1S/C14H20ClNO2S/c1-2-10-4-3-5-12(8-10)19(17,18)14-9-11(15)6-7-13(14)16/h6-7,9-10,12H,2-5,8,16H2,1H3. The van der Waals surface area contributed by atoms with E-state index in [9.17, 15) is 8.42 Å². The highest BCUT2D eigenvalue weighted by Crippen LogP contribution is 2.35. The molecule has 0 heterocycles. The fourth-order valence-corrected chi connectivity index (χ4v) is 5.11. The van der Waals surface area contributed by atoms with E-state index in [0.29, 0.717) is 16.6 Å². The summed E-state index contributed by atoms with van der Waals surface area (Å²) in [5, 5.41) is 0.0996. The van der Waals surface area contributed by atoms with Gasteiger partial charge in [0.2, 0.25) is 0 Å². The second kappa shape index (κ2) is 5.71. The van der Waals surface area contributed by atoms with Gasteiger partial charge in [-0.3, -0.25) is 0 Å². The monoisotopic (exact) mass is 301 g/mol. The van der Waals surface area contributed by atoms with Gasteiger partial charge in [0.1, 0.15) is 0 Å². The number of benzene rings is 1. The fraction of sp³-hybridized carbons (Fsp3) is 0.571. The van der Waals surface area contributed by atoms with E-state index in [1.54, 1.807) is 12.1 Å². The molecule has 19 heavy (non-hydrogen) atoms. The summed E-state index contributed by atoms with van der Waals surface area (Å²) in [6, 6.07) is 4.66. The van der Waals surface area contributed by atoms with Crippen LogP contribution in [0, 0.1) is 5.92 Å². The van der Waals surface area contributed by atoms with Crippen molar-refractivity contribution < 1.29 is 8.42 Å². The summed E-state index contributed by atoms with van der Waals surface area (Å²) in [7, 11) is -3.37. The molecule has 1 saturated carbocycles. The van der Waals surface area contributed by atoms with Gasteiger partial charge in [-0.05, 0) is 37.0 Å². The van der Waals surface area contributed by atoms with Crippen molar-refractivity contribution >= 4 is 27.1 Å². The van der Waals surface area contributed by atoms with Crippen molar-refractivity contribution in [3.05, 3.63) is 23.2 Å². The summed E-state index contributed by atoms with van der Waals surface area (Å²) in [6.07, 6.45) is 4.61. The lowest BCUT2D eigenvalue weighted by Crippen LogP contribution is -2.28. The lowest BCUT2D eigenvalue weighted by Gasteiger charge is -2.28. The minimum atomic E-state index is -3.37. The molecule has 0 radical (unpaired) electrons. The Labute approximate surface area is 120 Å². The van der Waals surface area contributed by atoms with Crippen molar-refractivity contribution in [1.29, 1.82) is 0 Å². The Hall–Kier alpha value is -0.740. The molecule has 1 fully saturated rings. The molecule has 2 atom stereocenters. The van der Waals surface area contributed by atoms with Gasteiger partial charge in [-0.25, -0.2) is 8.42 Å². The Morgan fingerprint density at radius 2 is 2.11 bits per heavy atom. The van der Waals surface area contributed by atoms with Crippen LogP contribution in [0.5, 0.6) is 0 Å². The molecule has 5 heteroatoms. The fourth-order valence-electron chi connectivity index (χ4n) is 2.83. The van der Waals surface area contributed by atoms with Crippen molar-refractivity contribution in [2.24, 2.45) is 5.92 Å². The van der Waals surface area contributed by atoms with Gasteiger partial charge in [0, 0.05) is 5.02 Å². The zero-order valence-electron chi connectivity index (χ0n) is 11.1. The molecular weight excluding hydrogens is 282 g/mol. The Bertz CT molecular complexity index is 557. The van der Waals surface area contributed by atoms with E-state index in [4.69, 9.17) is 17.3 Å². The number of anilines is 1. The molecule has 1 aromatic rings.